The van der Waals surface area contributed by atoms with Crippen molar-refractivity contribution in [1.29, 1.82) is 0 Å². The number of nitrogens with zero attached hydrogens (tertiary/aromatic N) is 1. The molecule has 1 saturated heterocycles. The van der Waals surface area contributed by atoms with Crippen LogP contribution in [0.4, 0.5) is 0 Å². The van der Waals surface area contributed by atoms with Gasteiger partial charge in [-0.15, -0.1) is 11.8 Å². The summed E-state index contributed by atoms with van der Waals surface area (Å²) in [5.41, 5.74) is 0. The largest absolute Gasteiger partial charge is 0.481 e. The van der Waals surface area contributed by atoms with Crippen LogP contribution < -0.4 is 10.1 Å². The Morgan fingerprint density at radius 1 is 1.43 bits per heavy atom. The SMILES string of the molecule is CSc1ccc(O[C@H](C)C(=O)N[C@H]2CCCN(C)C2)cc1. The molecule has 2 atom stereocenters. The standard InChI is InChI=1S/C16H24N2O2S/c1-12(20-14-6-8-15(21-3)9-7-14)16(19)17-13-5-4-10-18(2)11-13/h6-9,12-13H,4-5,10-11H2,1-3H3,(H,17,19)/t12-,13+/m1/s1. The molecule has 4 nitrogen and oxygen atoms in total. The summed E-state index contributed by atoms with van der Waals surface area (Å²) < 4.78 is 5.71. The predicted octanol–water partition coefficient (Wildman–Crippen LogP) is 2.39. The van der Waals surface area contributed by atoms with Gasteiger partial charge in [-0.25, -0.2) is 0 Å². The lowest BCUT2D eigenvalue weighted by Gasteiger charge is -2.30. The number of likely N-dealkylation sites (tertiary alicyclic amines) is 1. The Labute approximate surface area is 131 Å². The van der Waals surface area contributed by atoms with Crippen LogP contribution in [-0.2, 0) is 4.79 Å². The number of amides is 1. The van der Waals surface area contributed by atoms with Gasteiger partial charge in [0.15, 0.2) is 6.10 Å². The van der Waals surface area contributed by atoms with Gasteiger partial charge in [-0.1, -0.05) is 0 Å². The summed E-state index contributed by atoms with van der Waals surface area (Å²) in [7, 11) is 2.09. The molecule has 1 N–H and O–H groups in total. The van der Waals surface area contributed by atoms with Gasteiger partial charge in [0.2, 0.25) is 0 Å². The zero-order chi connectivity index (χ0) is 15.2. The van der Waals surface area contributed by atoms with Gasteiger partial charge in [0, 0.05) is 17.5 Å². The number of ether oxygens (including phenoxy) is 1. The average Bonchev–Trinajstić information content (AvgIpc) is 2.48. The highest BCUT2D eigenvalue weighted by atomic mass is 32.2. The van der Waals surface area contributed by atoms with Crippen molar-refractivity contribution in [1.82, 2.24) is 10.2 Å². The van der Waals surface area contributed by atoms with Crippen molar-refractivity contribution in [2.45, 2.75) is 36.8 Å². The number of nitrogens with one attached hydrogen (secondary N) is 1. The normalized spacial score (nSPS) is 20.8. The van der Waals surface area contributed by atoms with E-state index in [1.807, 2.05) is 30.5 Å². The van der Waals surface area contributed by atoms with E-state index in [4.69, 9.17) is 4.74 Å². The number of carbonyl (C=O) groups excluding carboxylic acids is 1. The lowest BCUT2D eigenvalue weighted by Crippen LogP contribution is -2.49. The second-order valence-electron chi connectivity index (χ2n) is 5.55. The van der Waals surface area contributed by atoms with Crippen LogP contribution in [0, 0.1) is 0 Å². The first-order chi connectivity index (χ1) is 10.1. The molecule has 21 heavy (non-hydrogen) atoms. The van der Waals surface area contributed by atoms with Crippen molar-refractivity contribution in [2.75, 3.05) is 26.4 Å². The number of rotatable bonds is 5. The van der Waals surface area contributed by atoms with Gasteiger partial charge in [-0.2, -0.15) is 0 Å². The second-order valence-corrected chi connectivity index (χ2v) is 6.43. The Hall–Kier alpha value is -1.20. The Kier molecular flexibility index (Phi) is 5.94. The third-order valence-corrected chi connectivity index (χ3v) is 4.46. The number of hydrogen-bond donors (Lipinski definition) is 1. The molecule has 1 aliphatic heterocycles. The maximum absolute atomic E-state index is 12.2. The van der Waals surface area contributed by atoms with E-state index in [9.17, 15) is 4.79 Å². The van der Waals surface area contributed by atoms with Crippen LogP contribution in [0.1, 0.15) is 19.8 Å². The maximum Gasteiger partial charge on any atom is 0.261 e. The number of benzene rings is 1. The molecular weight excluding hydrogens is 284 g/mol. The Morgan fingerprint density at radius 2 is 2.14 bits per heavy atom. The van der Waals surface area contributed by atoms with Gasteiger partial charge >= 0.3 is 0 Å². The molecule has 0 aliphatic carbocycles. The lowest BCUT2D eigenvalue weighted by molar-refractivity contribution is -0.128. The Balaban J connectivity index is 1.83. The number of hydrogen-bond acceptors (Lipinski definition) is 4. The third-order valence-electron chi connectivity index (χ3n) is 3.71. The number of likely N-dealkylation sites (N-methyl/N-ethyl adjacent to an activating group) is 1. The highest BCUT2D eigenvalue weighted by Crippen LogP contribution is 2.20. The van der Waals surface area contributed by atoms with Crippen LogP contribution in [0.3, 0.4) is 0 Å². The summed E-state index contributed by atoms with van der Waals surface area (Å²) >= 11 is 1.69. The summed E-state index contributed by atoms with van der Waals surface area (Å²) in [6.45, 7) is 3.82. The summed E-state index contributed by atoms with van der Waals surface area (Å²) in [6, 6.07) is 8.05. The van der Waals surface area contributed by atoms with E-state index < -0.39 is 6.10 Å². The first kappa shape index (κ1) is 16.2. The Bertz CT molecular complexity index is 464. The average molecular weight is 308 g/mol. The van der Waals surface area contributed by atoms with Crippen LogP contribution >= 0.6 is 11.8 Å². The first-order valence-electron chi connectivity index (χ1n) is 7.38. The van der Waals surface area contributed by atoms with Gasteiger partial charge in [0.05, 0.1) is 0 Å². The lowest BCUT2D eigenvalue weighted by atomic mass is 10.1. The molecule has 0 aromatic heterocycles. The minimum atomic E-state index is -0.475. The molecule has 1 aromatic carbocycles. The molecule has 1 heterocycles. The topological polar surface area (TPSA) is 41.6 Å². The zero-order valence-corrected chi connectivity index (χ0v) is 13.8. The van der Waals surface area contributed by atoms with Crippen LogP contribution in [0.2, 0.25) is 0 Å². The molecule has 116 valence electrons. The quantitative estimate of drug-likeness (QED) is 0.848. The maximum atomic E-state index is 12.2. The number of thioether (sulfide) groups is 1. The molecule has 0 radical (unpaired) electrons. The van der Waals surface area contributed by atoms with Gasteiger partial charge in [0.1, 0.15) is 5.75 Å². The van der Waals surface area contributed by atoms with Gasteiger partial charge in [0.25, 0.3) is 5.91 Å². The van der Waals surface area contributed by atoms with Crippen molar-refractivity contribution in [3.63, 3.8) is 0 Å². The Morgan fingerprint density at radius 3 is 2.76 bits per heavy atom. The van der Waals surface area contributed by atoms with Crippen molar-refractivity contribution in [3.05, 3.63) is 24.3 Å². The third kappa shape index (κ3) is 4.93. The fourth-order valence-electron chi connectivity index (χ4n) is 2.51. The highest BCUT2D eigenvalue weighted by Gasteiger charge is 2.22. The molecule has 1 aromatic rings. The fourth-order valence-corrected chi connectivity index (χ4v) is 2.92. The van der Waals surface area contributed by atoms with E-state index >= 15 is 0 Å². The summed E-state index contributed by atoms with van der Waals surface area (Å²) in [5, 5.41) is 3.08. The molecule has 1 aliphatic rings. The molecule has 5 heteroatoms. The molecule has 0 bridgehead atoms. The molecule has 0 spiro atoms. The summed E-state index contributed by atoms with van der Waals surface area (Å²) in [6.07, 6.45) is 3.74. The monoisotopic (exact) mass is 308 g/mol. The smallest absolute Gasteiger partial charge is 0.261 e. The van der Waals surface area contributed by atoms with E-state index in [1.165, 1.54) is 4.90 Å². The zero-order valence-electron chi connectivity index (χ0n) is 13.0. The predicted molar refractivity (Wildman–Crippen MR) is 87.0 cm³/mol. The second kappa shape index (κ2) is 7.71. The highest BCUT2D eigenvalue weighted by molar-refractivity contribution is 7.98. The molecular formula is C16H24N2O2S. The van der Waals surface area contributed by atoms with E-state index in [0.29, 0.717) is 0 Å². The van der Waals surface area contributed by atoms with Crippen molar-refractivity contribution in [2.24, 2.45) is 0 Å². The summed E-state index contributed by atoms with van der Waals surface area (Å²) in [4.78, 5) is 15.6. The van der Waals surface area contributed by atoms with E-state index in [1.54, 1.807) is 18.7 Å². The van der Waals surface area contributed by atoms with Gasteiger partial charge in [-0.05, 0) is 63.9 Å². The molecule has 2 rings (SSSR count). The minimum absolute atomic E-state index is 0.0377. The van der Waals surface area contributed by atoms with Crippen LogP contribution in [0.25, 0.3) is 0 Å². The minimum Gasteiger partial charge on any atom is -0.481 e. The first-order valence-corrected chi connectivity index (χ1v) is 8.60. The fraction of sp³-hybridized carbons (Fsp3) is 0.562. The van der Waals surface area contributed by atoms with Crippen LogP contribution in [-0.4, -0.2) is 49.3 Å². The van der Waals surface area contributed by atoms with Gasteiger partial charge < -0.3 is 15.0 Å². The van der Waals surface area contributed by atoms with E-state index in [0.717, 1.165) is 31.7 Å². The van der Waals surface area contributed by atoms with E-state index in [-0.39, 0.29) is 11.9 Å². The van der Waals surface area contributed by atoms with Gasteiger partial charge in [-0.3, -0.25) is 4.79 Å². The molecule has 1 fully saturated rings. The van der Waals surface area contributed by atoms with Crippen molar-refractivity contribution < 1.29 is 9.53 Å². The molecule has 0 unspecified atom stereocenters. The van der Waals surface area contributed by atoms with Crippen molar-refractivity contribution in [3.8, 4) is 5.75 Å². The van der Waals surface area contributed by atoms with E-state index in [2.05, 4.69) is 17.3 Å². The molecule has 1 amide bonds. The van der Waals surface area contributed by atoms with Crippen molar-refractivity contribution >= 4 is 17.7 Å². The van der Waals surface area contributed by atoms with Crippen LogP contribution in [0.5, 0.6) is 5.75 Å². The van der Waals surface area contributed by atoms with Crippen LogP contribution in [0.15, 0.2) is 29.2 Å². The molecule has 0 saturated carbocycles. The number of piperidine rings is 1. The number of carbonyl (C=O) groups is 1. The summed E-state index contributed by atoms with van der Waals surface area (Å²) in [5.74, 6) is 0.695.